The van der Waals surface area contributed by atoms with Crippen LogP contribution in [0.3, 0.4) is 0 Å². The van der Waals surface area contributed by atoms with E-state index in [0.717, 1.165) is 16.7 Å². The van der Waals surface area contributed by atoms with Crippen molar-refractivity contribution in [2.24, 2.45) is 0 Å². The summed E-state index contributed by atoms with van der Waals surface area (Å²) in [6.07, 6.45) is 0.589. The molecule has 4 rings (SSSR count). The fourth-order valence-electron chi connectivity index (χ4n) is 4.27. The Balaban J connectivity index is 1.62. The van der Waals surface area contributed by atoms with Crippen LogP contribution in [-0.2, 0) is 11.2 Å². The molecule has 182 valence electrons. The maximum atomic E-state index is 13.7. The Labute approximate surface area is 203 Å². The number of benzene rings is 3. The lowest BCUT2D eigenvalue weighted by atomic mass is 9.88. The van der Waals surface area contributed by atoms with Crippen LogP contribution in [-0.4, -0.2) is 43.6 Å². The van der Waals surface area contributed by atoms with E-state index in [4.69, 9.17) is 9.47 Å². The van der Waals surface area contributed by atoms with Gasteiger partial charge in [0.2, 0.25) is 5.91 Å². The second-order valence-corrected chi connectivity index (χ2v) is 8.33. The molecule has 0 saturated heterocycles. The predicted molar refractivity (Wildman–Crippen MR) is 131 cm³/mol. The number of rotatable bonds is 6. The number of urea groups is 1. The molecule has 1 heterocycles. The van der Waals surface area contributed by atoms with Gasteiger partial charge >= 0.3 is 6.03 Å². The van der Waals surface area contributed by atoms with Crippen molar-refractivity contribution in [3.8, 4) is 11.5 Å². The lowest BCUT2D eigenvalue weighted by Gasteiger charge is -2.38. The van der Waals surface area contributed by atoms with E-state index in [1.54, 1.807) is 50.3 Å². The third-order valence-electron chi connectivity index (χ3n) is 6.09. The average Bonchev–Trinajstić information content (AvgIpc) is 2.88. The zero-order chi connectivity index (χ0) is 24.9. The van der Waals surface area contributed by atoms with Crippen molar-refractivity contribution in [3.05, 3.63) is 89.2 Å². The van der Waals surface area contributed by atoms with Gasteiger partial charge in [-0.1, -0.05) is 30.3 Å². The number of amides is 3. The van der Waals surface area contributed by atoms with Gasteiger partial charge < -0.3 is 25.0 Å². The number of halogens is 1. The maximum Gasteiger partial charge on any atom is 0.318 e. The summed E-state index contributed by atoms with van der Waals surface area (Å²) >= 11 is 0. The Bertz CT molecular complexity index is 1200. The molecule has 0 fully saturated rings. The summed E-state index contributed by atoms with van der Waals surface area (Å²) in [5.41, 5.74) is 3.26. The van der Waals surface area contributed by atoms with Crippen molar-refractivity contribution in [2.45, 2.75) is 25.4 Å². The number of ether oxygens (including phenoxy) is 2. The second kappa shape index (κ2) is 10.5. The minimum absolute atomic E-state index is 0.327. The Morgan fingerprint density at radius 3 is 2.31 bits per heavy atom. The number of nitrogens with one attached hydrogen (secondary N) is 2. The molecule has 1 aliphatic heterocycles. The van der Waals surface area contributed by atoms with Crippen LogP contribution in [0.2, 0.25) is 0 Å². The molecular formula is C27H28FN3O4. The fraction of sp³-hybridized carbons (Fsp3) is 0.259. The number of fused-ring (bicyclic) bond motifs is 1. The summed E-state index contributed by atoms with van der Waals surface area (Å²) in [5.74, 6) is 0.454. The standard InChI is InChI=1S/C27H28FN3O4/c1-17(26(32)30-21-7-5-4-6-8-21)29-27(33)31-14-13-19-15-23(34-2)24(35-3)16-22(19)25(31)18-9-11-20(28)12-10-18/h4-12,15-17,25H,13-14H2,1-3H3,(H,29,33)(H,30,32)/t17-,25+/m0/s1. The minimum Gasteiger partial charge on any atom is -0.493 e. The van der Waals surface area contributed by atoms with Crippen molar-refractivity contribution < 1.29 is 23.5 Å². The first-order valence-electron chi connectivity index (χ1n) is 11.3. The van der Waals surface area contributed by atoms with Gasteiger partial charge in [-0.2, -0.15) is 0 Å². The maximum absolute atomic E-state index is 13.7. The average molecular weight is 478 g/mol. The van der Waals surface area contributed by atoms with E-state index < -0.39 is 18.1 Å². The Kier molecular flexibility index (Phi) is 7.19. The number of carbonyl (C=O) groups is 2. The van der Waals surface area contributed by atoms with Crippen LogP contribution in [0, 0.1) is 5.82 Å². The molecule has 0 radical (unpaired) electrons. The summed E-state index contributed by atoms with van der Waals surface area (Å²) in [6, 6.07) is 17.2. The molecule has 35 heavy (non-hydrogen) atoms. The van der Waals surface area contributed by atoms with Gasteiger partial charge in [-0.15, -0.1) is 0 Å². The van der Waals surface area contributed by atoms with Crippen molar-refractivity contribution in [2.75, 3.05) is 26.1 Å². The van der Waals surface area contributed by atoms with E-state index in [2.05, 4.69) is 10.6 Å². The van der Waals surface area contributed by atoms with E-state index in [1.807, 2.05) is 30.3 Å². The first-order chi connectivity index (χ1) is 16.9. The third-order valence-corrected chi connectivity index (χ3v) is 6.09. The molecule has 2 N–H and O–H groups in total. The molecule has 8 heteroatoms. The van der Waals surface area contributed by atoms with Crippen molar-refractivity contribution in [1.29, 1.82) is 0 Å². The smallest absolute Gasteiger partial charge is 0.318 e. The molecular weight excluding hydrogens is 449 g/mol. The number of nitrogens with zero attached hydrogens (tertiary/aromatic N) is 1. The van der Waals surface area contributed by atoms with E-state index >= 15 is 0 Å². The molecule has 0 aliphatic carbocycles. The fourth-order valence-corrected chi connectivity index (χ4v) is 4.27. The molecule has 7 nitrogen and oxygen atoms in total. The largest absolute Gasteiger partial charge is 0.493 e. The summed E-state index contributed by atoms with van der Waals surface area (Å²) < 4.78 is 24.6. The monoisotopic (exact) mass is 477 g/mol. The van der Waals surface area contributed by atoms with Gasteiger partial charge in [0.05, 0.1) is 20.3 Å². The summed E-state index contributed by atoms with van der Waals surface area (Å²) in [7, 11) is 3.13. The van der Waals surface area contributed by atoms with Gasteiger partial charge in [-0.25, -0.2) is 9.18 Å². The third kappa shape index (κ3) is 5.21. The summed E-state index contributed by atoms with van der Waals surface area (Å²) in [6.45, 7) is 2.04. The van der Waals surface area contributed by atoms with Gasteiger partial charge in [-0.05, 0) is 66.4 Å². The lowest BCUT2D eigenvalue weighted by molar-refractivity contribution is -0.117. The van der Waals surface area contributed by atoms with E-state index in [0.29, 0.717) is 30.2 Å². The molecule has 1 aliphatic rings. The van der Waals surface area contributed by atoms with Crippen molar-refractivity contribution >= 4 is 17.6 Å². The molecule has 0 spiro atoms. The number of hydrogen-bond donors (Lipinski definition) is 2. The molecule has 3 amide bonds. The first-order valence-corrected chi connectivity index (χ1v) is 11.3. The van der Waals surface area contributed by atoms with Crippen molar-refractivity contribution in [3.63, 3.8) is 0 Å². The van der Waals surface area contributed by atoms with Crippen molar-refractivity contribution in [1.82, 2.24) is 10.2 Å². The highest BCUT2D eigenvalue weighted by atomic mass is 19.1. The highest BCUT2D eigenvalue weighted by Crippen LogP contribution is 2.41. The van der Waals surface area contributed by atoms with Gasteiger partial charge in [0.25, 0.3) is 0 Å². The molecule has 3 aromatic rings. The van der Waals surface area contributed by atoms with Gasteiger partial charge in [0.15, 0.2) is 11.5 Å². The highest BCUT2D eigenvalue weighted by molar-refractivity contribution is 5.96. The zero-order valence-electron chi connectivity index (χ0n) is 19.9. The number of anilines is 1. The highest BCUT2D eigenvalue weighted by Gasteiger charge is 2.34. The van der Waals surface area contributed by atoms with Crippen LogP contribution in [0.5, 0.6) is 11.5 Å². The second-order valence-electron chi connectivity index (χ2n) is 8.33. The number of methoxy groups -OCH3 is 2. The molecule has 3 aromatic carbocycles. The van der Waals surface area contributed by atoms with Crippen LogP contribution in [0.15, 0.2) is 66.7 Å². The van der Waals surface area contributed by atoms with E-state index in [-0.39, 0.29) is 11.7 Å². The molecule has 0 bridgehead atoms. The van der Waals surface area contributed by atoms with E-state index in [9.17, 15) is 14.0 Å². The van der Waals surface area contributed by atoms with Crippen LogP contribution in [0.1, 0.15) is 29.7 Å². The molecule has 2 atom stereocenters. The van der Waals surface area contributed by atoms with Crippen LogP contribution < -0.4 is 20.1 Å². The molecule has 0 unspecified atom stereocenters. The Hall–Kier alpha value is -4.07. The van der Waals surface area contributed by atoms with Gasteiger partial charge in [0, 0.05) is 12.2 Å². The zero-order valence-corrected chi connectivity index (χ0v) is 19.9. The molecule has 0 aromatic heterocycles. The SMILES string of the molecule is COc1cc2c(cc1OC)[C@@H](c1ccc(F)cc1)N(C(=O)N[C@@H](C)C(=O)Nc1ccccc1)CC2. The Morgan fingerprint density at radius 2 is 1.66 bits per heavy atom. The predicted octanol–water partition coefficient (Wildman–Crippen LogP) is 4.53. The normalized spacial score (nSPS) is 15.5. The van der Waals surface area contributed by atoms with Crippen LogP contribution in [0.25, 0.3) is 0 Å². The number of carbonyl (C=O) groups excluding carboxylic acids is 2. The molecule has 0 saturated carbocycles. The minimum atomic E-state index is -0.775. The Morgan fingerprint density at radius 1 is 1.00 bits per heavy atom. The summed E-state index contributed by atoms with van der Waals surface area (Å²) in [4.78, 5) is 27.7. The summed E-state index contributed by atoms with van der Waals surface area (Å²) in [5, 5.41) is 5.61. The lowest BCUT2D eigenvalue weighted by Crippen LogP contribution is -2.51. The van der Waals surface area contributed by atoms with Crippen LogP contribution >= 0.6 is 0 Å². The number of para-hydroxylation sites is 1. The van der Waals surface area contributed by atoms with Crippen LogP contribution in [0.4, 0.5) is 14.9 Å². The van der Waals surface area contributed by atoms with Gasteiger partial charge in [-0.3, -0.25) is 4.79 Å². The number of hydrogen-bond acceptors (Lipinski definition) is 4. The topological polar surface area (TPSA) is 79.9 Å². The van der Waals surface area contributed by atoms with Gasteiger partial charge in [0.1, 0.15) is 11.9 Å². The first kappa shape index (κ1) is 24.1. The quantitative estimate of drug-likeness (QED) is 0.547. The van der Waals surface area contributed by atoms with E-state index in [1.165, 1.54) is 12.1 Å².